The van der Waals surface area contributed by atoms with Gasteiger partial charge in [0, 0.05) is 18.0 Å². The van der Waals surface area contributed by atoms with E-state index in [0.717, 1.165) is 18.6 Å². The molecule has 0 unspecified atom stereocenters. The number of aliphatic imine (C=N–C) groups is 1. The molecule has 0 aliphatic carbocycles. The number of nitrogens with zero attached hydrogens (tertiary/aromatic N) is 2. The summed E-state index contributed by atoms with van der Waals surface area (Å²) in [4.78, 5) is 18.2. The smallest absolute Gasteiger partial charge is 0.264 e. The van der Waals surface area contributed by atoms with Crippen molar-refractivity contribution in [2.45, 2.75) is 46.2 Å². The van der Waals surface area contributed by atoms with Crippen LogP contribution in [0.25, 0.3) is 0 Å². The molecule has 1 heterocycles. The predicted molar refractivity (Wildman–Crippen MR) is 96.6 cm³/mol. The van der Waals surface area contributed by atoms with Gasteiger partial charge in [0.2, 0.25) is 0 Å². The Morgan fingerprint density at radius 3 is 2.69 bits per heavy atom. The molecule has 3 N–H and O–H groups in total. The molecule has 0 saturated carbocycles. The van der Waals surface area contributed by atoms with Crippen LogP contribution in [0.4, 0.5) is 8.78 Å². The molecule has 5 nitrogen and oxygen atoms in total. The van der Waals surface area contributed by atoms with Gasteiger partial charge in [-0.05, 0) is 37.1 Å². The molecule has 1 fully saturated rings. The van der Waals surface area contributed by atoms with Crippen molar-refractivity contribution < 1.29 is 18.7 Å². The number of nitrogens with two attached hydrogens (primary N) is 1. The number of aliphatic hydroxyl groups is 1. The van der Waals surface area contributed by atoms with E-state index in [1.165, 1.54) is 12.1 Å². The Labute approximate surface area is 152 Å². The van der Waals surface area contributed by atoms with Crippen molar-refractivity contribution in [3.05, 3.63) is 47.2 Å². The van der Waals surface area contributed by atoms with Crippen LogP contribution in [0.15, 0.2) is 35.0 Å². The average molecular weight is 365 g/mol. The van der Waals surface area contributed by atoms with Gasteiger partial charge >= 0.3 is 0 Å². The summed E-state index contributed by atoms with van der Waals surface area (Å²) < 4.78 is 26.4. The molecule has 0 bridgehead atoms. The van der Waals surface area contributed by atoms with Gasteiger partial charge in [-0.15, -0.1) is 0 Å². The first-order valence-corrected chi connectivity index (χ1v) is 8.55. The number of amidine groups is 1. The summed E-state index contributed by atoms with van der Waals surface area (Å²) in [5, 5.41) is 9.94. The average Bonchev–Trinajstić information content (AvgIpc) is 2.98. The van der Waals surface area contributed by atoms with Crippen molar-refractivity contribution in [1.82, 2.24) is 4.90 Å². The van der Waals surface area contributed by atoms with Crippen LogP contribution in [-0.2, 0) is 11.3 Å². The van der Waals surface area contributed by atoms with Gasteiger partial charge in [0.1, 0.15) is 11.6 Å². The summed E-state index contributed by atoms with van der Waals surface area (Å²) in [7, 11) is 0. The van der Waals surface area contributed by atoms with Crippen molar-refractivity contribution in [2.75, 3.05) is 6.54 Å². The van der Waals surface area contributed by atoms with Crippen molar-refractivity contribution in [1.29, 1.82) is 0 Å². The van der Waals surface area contributed by atoms with Crippen molar-refractivity contribution in [2.24, 2.45) is 16.1 Å². The maximum atomic E-state index is 13.4. The number of benzene rings is 1. The number of aliphatic hydroxyl groups excluding tert-OH is 1. The second-order valence-electron chi connectivity index (χ2n) is 7.53. The maximum absolute atomic E-state index is 13.4. The van der Waals surface area contributed by atoms with Gasteiger partial charge in [0.15, 0.2) is 11.6 Å². The first-order chi connectivity index (χ1) is 12.1. The highest BCUT2D eigenvalue weighted by Gasteiger charge is 2.30. The largest absolute Gasteiger partial charge is 0.512 e. The molecule has 142 valence electrons. The van der Waals surface area contributed by atoms with E-state index in [1.54, 1.807) is 0 Å². The molecule has 1 aromatic rings. The van der Waals surface area contributed by atoms with E-state index in [0.29, 0.717) is 25.1 Å². The lowest BCUT2D eigenvalue weighted by atomic mass is 9.93. The van der Waals surface area contributed by atoms with Crippen LogP contribution in [0.2, 0.25) is 0 Å². The molecular weight excluding hydrogens is 340 g/mol. The van der Waals surface area contributed by atoms with E-state index in [4.69, 9.17) is 5.73 Å². The predicted octanol–water partition coefficient (Wildman–Crippen LogP) is 3.30. The van der Waals surface area contributed by atoms with Crippen LogP contribution in [0.3, 0.4) is 0 Å². The highest BCUT2D eigenvalue weighted by Crippen LogP contribution is 2.23. The maximum Gasteiger partial charge on any atom is 0.264 e. The van der Waals surface area contributed by atoms with Gasteiger partial charge < -0.3 is 10.8 Å². The van der Waals surface area contributed by atoms with E-state index < -0.39 is 29.0 Å². The molecule has 0 aromatic heterocycles. The molecule has 0 radical (unpaired) electrons. The second-order valence-corrected chi connectivity index (χ2v) is 7.53. The number of likely N-dealkylation sites (tertiary alicyclic amines) is 1. The van der Waals surface area contributed by atoms with E-state index in [-0.39, 0.29) is 11.6 Å². The first-order valence-electron chi connectivity index (χ1n) is 8.55. The minimum absolute atomic E-state index is 0.0385. The van der Waals surface area contributed by atoms with Gasteiger partial charge in [-0.2, -0.15) is 4.99 Å². The number of hydrogen-bond acceptors (Lipinski definition) is 3. The lowest BCUT2D eigenvalue weighted by Gasteiger charge is -2.22. The normalized spacial score (nSPS) is 19.8. The fourth-order valence-electron chi connectivity index (χ4n) is 2.76. The lowest BCUT2D eigenvalue weighted by Crippen LogP contribution is -2.35. The third-order valence-electron chi connectivity index (χ3n) is 4.31. The third kappa shape index (κ3) is 5.11. The number of allylic oxidation sites excluding steroid dienone is 1. The minimum Gasteiger partial charge on any atom is -0.512 e. The summed E-state index contributed by atoms with van der Waals surface area (Å²) in [6, 6.07) is 3.25. The van der Waals surface area contributed by atoms with Crippen molar-refractivity contribution >= 4 is 11.7 Å². The summed E-state index contributed by atoms with van der Waals surface area (Å²) in [6.45, 7) is 6.43. The zero-order valence-electron chi connectivity index (χ0n) is 15.3. The van der Waals surface area contributed by atoms with E-state index in [1.807, 2.05) is 25.7 Å². The number of amides is 1. The molecule has 1 aromatic carbocycles. The van der Waals surface area contributed by atoms with Gasteiger partial charge in [-0.25, -0.2) is 8.78 Å². The molecule has 0 spiro atoms. The van der Waals surface area contributed by atoms with Crippen molar-refractivity contribution in [3.8, 4) is 0 Å². The molecule has 7 heteroatoms. The highest BCUT2D eigenvalue weighted by molar-refractivity contribution is 6.01. The Kier molecular flexibility index (Phi) is 6.13. The van der Waals surface area contributed by atoms with Gasteiger partial charge in [0.05, 0.1) is 6.04 Å². The highest BCUT2D eigenvalue weighted by atomic mass is 19.2. The molecule has 1 aliphatic heterocycles. The zero-order chi connectivity index (χ0) is 19.5. The molecule has 2 rings (SSSR count). The van der Waals surface area contributed by atoms with Gasteiger partial charge in [-0.1, -0.05) is 26.8 Å². The number of halogens is 2. The number of carbonyl (C=O) groups excluding carboxylic acids is 1. The van der Waals surface area contributed by atoms with E-state index in [9.17, 15) is 18.7 Å². The fraction of sp³-hybridized carbons (Fsp3) is 0.474. The first kappa shape index (κ1) is 20.0. The second kappa shape index (κ2) is 7.95. The van der Waals surface area contributed by atoms with Crippen LogP contribution in [0.1, 0.15) is 39.2 Å². The van der Waals surface area contributed by atoms with Crippen LogP contribution in [0, 0.1) is 17.0 Å². The van der Waals surface area contributed by atoms with E-state index >= 15 is 0 Å². The van der Waals surface area contributed by atoms with Crippen LogP contribution in [-0.4, -0.2) is 34.3 Å². The van der Waals surface area contributed by atoms with Gasteiger partial charge in [0.25, 0.3) is 5.91 Å². The molecule has 1 saturated heterocycles. The Balaban J connectivity index is 2.10. The van der Waals surface area contributed by atoms with Gasteiger partial charge in [-0.3, -0.25) is 9.69 Å². The zero-order valence-corrected chi connectivity index (χ0v) is 15.3. The summed E-state index contributed by atoms with van der Waals surface area (Å²) in [6.07, 6.45) is 2.71. The number of rotatable bonds is 4. The quantitative estimate of drug-likeness (QED) is 0.487. The molecular formula is C19H25F2N3O2. The Morgan fingerprint density at radius 1 is 1.38 bits per heavy atom. The van der Waals surface area contributed by atoms with Crippen LogP contribution >= 0.6 is 0 Å². The lowest BCUT2D eigenvalue weighted by molar-refractivity contribution is -0.122. The minimum atomic E-state index is -0.908. The Hall–Kier alpha value is -2.28. The SMILES string of the molecule is CC(C)(C)/C(O)=C/C(N)=NC(=O)[C@@H]1CCCN1Cc1ccc(F)c(F)c1. The number of carbonyl (C=O) groups is 1. The van der Waals surface area contributed by atoms with Crippen molar-refractivity contribution in [3.63, 3.8) is 0 Å². The summed E-state index contributed by atoms with van der Waals surface area (Å²) >= 11 is 0. The molecule has 1 aliphatic rings. The standard InChI is InChI=1S/C19H25F2N3O2/c1-19(2,3)16(25)10-17(22)23-18(26)15-5-4-8-24(15)11-12-6-7-13(20)14(21)9-12/h6-7,9-10,15,25H,4-5,8,11H2,1-3H3,(H2,22,23,26)/b16-10-/t15-/m0/s1. The topological polar surface area (TPSA) is 78.9 Å². The Bertz CT molecular complexity index is 739. The Morgan fingerprint density at radius 2 is 2.08 bits per heavy atom. The molecule has 1 amide bonds. The van der Waals surface area contributed by atoms with E-state index in [2.05, 4.69) is 4.99 Å². The fourth-order valence-corrected chi connectivity index (χ4v) is 2.76. The van der Waals surface area contributed by atoms with Crippen LogP contribution < -0.4 is 5.73 Å². The third-order valence-corrected chi connectivity index (χ3v) is 4.31. The summed E-state index contributed by atoms with van der Waals surface area (Å²) in [5.74, 6) is -2.22. The van der Waals surface area contributed by atoms with Crippen LogP contribution in [0.5, 0.6) is 0 Å². The molecule has 1 atom stereocenters. The summed E-state index contributed by atoms with van der Waals surface area (Å²) in [5.41, 5.74) is 5.86. The monoisotopic (exact) mass is 365 g/mol. The molecule has 26 heavy (non-hydrogen) atoms. The number of hydrogen-bond donors (Lipinski definition) is 2.